The van der Waals surface area contributed by atoms with Crippen LogP contribution >= 0.6 is 0 Å². The molecular weight excluding hydrogens is 228 g/mol. The molecule has 19 heavy (non-hydrogen) atoms. The third-order valence-corrected chi connectivity index (χ3v) is 3.30. The molecule has 0 aliphatic rings. The largest absolute Gasteiger partial charge is 0.0622 e. The number of rotatable bonds is 0. The second-order valence-electron chi connectivity index (χ2n) is 6.20. The molecule has 0 saturated carbocycles. The highest BCUT2D eigenvalue weighted by atomic mass is 14.2. The van der Waals surface area contributed by atoms with Crippen molar-refractivity contribution in [1.82, 2.24) is 0 Å². The Labute approximate surface area is 118 Å². The third kappa shape index (κ3) is 5.30. The average molecular weight is 254 g/mol. The Bertz CT molecular complexity index is 501. The Morgan fingerprint density at radius 1 is 0.684 bits per heavy atom. The molecule has 0 amide bonds. The summed E-state index contributed by atoms with van der Waals surface area (Å²) in [4.78, 5) is 0. The topological polar surface area (TPSA) is 0 Å². The van der Waals surface area contributed by atoms with Gasteiger partial charge in [0.05, 0.1) is 0 Å². The molecule has 0 aliphatic heterocycles. The lowest BCUT2D eigenvalue weighted by molar-refractivity contribution is 0.590. The molecular formula is C19H26. The highest BCUT2D eigenvalue weighted by Gasteiger charge is 2.11. The van der Waals surface area contributed by atoms with E-state index in [2.05, 4.69) is 90.1 Å². The lowest BCUT2D eigenvalue weighted by Gasteiger charge is -2.18. The van der Waals surface area contributed by atoms with Crippen LogP contribution < -0.4 is 0 Å². The molecule has 0 unspecified atom stereocenters. The first-order valence-corrected chi connectivity index (χ1v) is 6.90. The SMILES string of the molecule is CC(C)(C)c1ccccc1.Cc1ccc(C)c(C)c1. The van der Waals surface area contributed by atoms with Gasteiger partial charge in [-0.25, -0.2) is 0 Å². The maximum atomic E-state index is 2.22. The Morgan fingerprint density at radius 3 is 1.63 bits per heavy atom. The zero-order valence-corrected chi connectivity index (χ0v) is 13.1. The highest BCUT2D eigenvalue weighted by Crippen LogP contribution is 2.20. The van der Waals surface area contributed by atoms with Crippen LogP contribution in [0.15, 0.2) is 48.5 Å². The molecule has 0 bridgehead atoms. The fourth-order valence-corrected chi connectivity index (χ4v) is 1.83. The molecule has 0 aromatic heterocycles. The van der Waals surface area contributed by atoms with Crippen molar-refractivity contribution in [2.24, 2.45) is 0 Å². The smallest absolute Gasteiger partial charge is 0.0132 e. The lowest BCUT2D eigenvalue weighted by Crippen LogP contribution is -2.10. The number of hydrogen-bond donors (Lipinski definition) is 0. The summed E-state index contributed by atoms with van der Waals surface area (Å²) in [6.07, 6.45) is 0. The second-order valence-corrected chi connectivity index (χ2v) is 6.20. The van der Waals surface area contributed by atoms with E-state index >= 15 is 0 Å². The van der Waals surface area contributed by atoms with Crippen LogP contribution in [0.4, 0.5) is 0 Å². The van der Waals surface area contributed by atoms with Crippen LogP contribution in [0.5, 0.6) is 0 Å². The van der Waals surface area contributed by atoms with Crippen molar-refractivity contribution in [3.63, 3.8) is 0 Å². The molecule has 0 radical (unpaired) electrons. The van der Waals surface area contributed by atoms with Crippen LogP contribution in [0.1, 0.15) is 43.0 Å². The summed E-state index contributed by atoms with van der Waals surface area (Å²) in [6.45, 7) is 13.1. The van der Waals surface area contributed by atoms with Crippen molar-refractivity contribution >= 4 is 0 Å². The molecule has 0 aliphatic carbocycles. The lowest BCUT2D eigenvalue weighted by atomic mass is 9.87. The van der Waals surface area contributed by atoms with Gasteiger partial charge in [0.25, 0.3) is 0 Å². The monoisotopic (exact) mass is 254 g/mol. The van der Waals surface area contributed by atoms with Gasteiger partial charge in [-0.1, -0.05) is 74.9 Å². The van der Waals surface area contributed by atoms with E-state index in [1.165, 1.54) is 22.3 Å². The summed E-state index contributed by atoms with van der Waals surface area (Å²) >= 11 is 0. The standard InChI is InChI=1S/C10H14.C9H12/c1-10(2,3)9-7-5-4-6-8-9;1-7-4-5-8(2)9(3)6-7/h4-8H,1-3H3;4-6H,1-3H3. The maximum Gasteiger partial charge on any atom is -0.0132 e. The second kappa shape index (κ2) is 6.56. The van der Waals surface area contributed by atoms with Crippen molar-refractivity contribution in [2.45, 2.75) is 47.0 Å². The van der Waals surface area contributed by atoms with Crippen molar-refractivity contribution in [3.05, 3.63) is 70.8 Å². The van der Waals surface area contributed by atoms with E-state index in [0.29, 0.717) is 5.41 Å². The zero-order chi connectivity index (χ0) is 14.5. The van der Waals surface area contributed by atoms with Crippen molar-refractivity contribution in [1.29, 1.82) is 0 Å². The molecule has 2 aromatic carbocycles. The van der Waals surface area contributed by atoms with Gasteiger partial charge in [0, 0.05) is 0 Å². The molecule has 0 saturated heterocycles. The van der Waals surface area contributed by atoms with Gasteiger partial charge in [-0.2, -0.15) is 0 Å². The predicted octanol–water partition coefficient (Wildman–Crippen LogP) is 5.60. The zero-order valence-electron chi connectivity index (χ0n) is 13.1. The van der Waals surface area contributed by atoms with Crippen molar-refractivity contribution in [3.8, 4) is 0 Å². The van der Waals surface area contributed by atoms with Gasteiger partial charge in [-0.05, 0) is 42.9 Å². The van der Waals surface area contributed by atoms with Crippen LogP contribution in [0.2, 0.25) is 0 Å². The van der Waals surface area contributed by atoms with E-state index in [-0.39, 0.29) is 0 Å². The molecule has 2 rings (SSSR count). The summed E-state index contributed by atoms with van der Waals surface area (Å²) < 4.78 is 0. The van der Waals surface area contributed by atoms with Gasteiger partial charge >= 0.3 is 0 Å². The molecule has 0 nitrogen and oxygen atoms in total. The minimum absolute atomic E-state index is 0.293. The molecule has 0 heteroatoms. The van der Waals surface area contributed by atoms with E-state index in [9.17, 15) is 0 Å². The number of hydrogen-bond acceptors (Lipinski definition) is 0. The van der Waals surface area contributed by atoms with Crippen LogP contribution in [0.25, 0.3) is 0 Å². The minimum Gasteiger partial charge on any atom is -0.0622 e. The maximum absolute atomic E-state index is 2.22. The van der Waals surface area contributed by atoms with E-state index in [1.54, 1.807) is 0 Å². The quantitative estimate of drug-likeness (QED) is 0.574. The summed E-state index contributed by atoms with van der Waals surface area (Å²) in [5, 5.41) is 0. The van der Waals surface area contributed by atoms with Crippen LogP contribution in [-0.4, -0.2) is 0 Å². The molecule has 0 N–H and O–H groups in total. The Kier molecular flexibility index (Phi) is 5.35. The summed E-state index contributed by atoms with van der Waals surface area (Å²) in [5.41, 5.74) is 5.80. The summed E-state index contributed by atoms with van der Waals surface area (Å²) in [5.74, 6) is 0. The van der Waals surface area contributed by atoms with E-state index in [1.807, 2.05) is 0 Å². The highest BCUT2D eigenvalue weighted by molar-refractivity contribution is 5.28. The normalized spacial score (nSPS) is 10.6. The summed E-state index contributed by atoms with van der Waals surface area (Å²) in [6, 6.07) is 17.1. The molecule has 0 atom stereocenters. The third-order valence-electron chi connectivity index (χ3n) is 3.30. The molecule has 0 spiro atoms. The predicted molar refractivity (Wildman–Crippen MR) is 85.8 cm³/mol. The van der Waals surface area contributed by atoms with Crippen LogP contribution in [0, 0.1) is 20.8 Å². The molecule has 0 heterocycles. The first-order valence-electron chi connectivity index (χ1n) is 6.90. The Balaban J connectivity index is 0.000000191. The van der Waals surface area contributed by atoms with Gasteiger partial charge in [0.1, 0.15) is 0 Å². The van der Waals surface area contributed by atoms with E-state index in [0.717, 1.165) is 0 Å². The van der Waals surface area contributed by atoms with Gasteiger partial charge in [0.15, 0.2) is 0 Å². The van der Waals surface area contributed by atoms with Gasteiger partial charge in [-0.15, -0.1) is 0 Å². The van der Waals surface area contributed by atoms with Crippen molar-refractivity contribution in [2.75, 3.05) is 0 Å². The first kappa shape index (κ1) is 15.5. The molecule has 102 valence electrons. The molecule has 0 fully saturated rings. The fraction of sp³-hybridized carbons (Fsp3) is 0.368. The van der Waals surface area contributed by atoms with Crippen LogP contribution in [0.3, 0.4) is 0 Å². The van der Waals surface area contributed by atoms with Gasteiger partial charge < -0.3 is 0 Å². The van der Waals surface area contributed by atoms with Gasteiger partial charge in [0.2, 0.25) is 0 Å². The Morgan fingerprint density at radius 2 is 1.26 bits per heavy atom. The number of benzene rings is 2. The summed E-state index contributed by atoms with van der Waals surface area (Å²) in [7, 11) is 0. The van der Waals surface area contributed by atoms with E-state index < -0.39 is 0 Å². The van der Waals surface area contributed by atoms with Gasteiger partial charge in [-0.3, -0.25) is 0 Å². The minimum atomic E-state index is 0.293. The average Bonchev–Trinajstić information content (AvgIpc) is 2.35. The fourth-order valence-electron chi connectivity index (χ4n) is 1.83. The molecule has 2 aromatic rings. The van der Waals surface area contributed by atoms with Crippen molar-refractivity contribution < 1.29 is 0 Å². The number of aryl methyl sites for hydroxylation is 3. The van der Waals surface area contributed by atoms with Crippen LogP contribution in [-0.2, 0) is 5.41 Å². The Hall–Kier alpha value is -1.56. The first-order chi connectivity index (χ1) is 8.80. The van der Waals surface area contributed by atoms with E-state index in [4.69, 9.17) is 0 Å².